The summed E-state index contributed by atoms with van der Waals surface area (Å²) in [4.78, 5) is 11.3. The topological polar surface area (TPSA) is 83.0 Å². The SMILES string of the molecule is NC(=O)CSc1nnc(-c2ccc(Cl)cc2)n1-c1ccc(Oc2ccccc2)cc1. The zero-order valence-electron chi connectivity index (χ0n) is 15.7. The first-order valence-corrected chi connectivity index (χ1v) is 10.4. The lowest BCUT2D eigenvalue weighted by molar-refractivity contribution is -0.115. The summed E-state index contributed by atoms with van der Waals surface area (Å²) in [5.41, 5.74) is 6.99. The molecule has 2 N–H and O–H groups in total. The molecule has 8 heteroatoms. The first kappa shape index (κ1) is 20.0. The minimum Gasteiger partial charge on any atom is -0.457 e. The molecule has 0 unspecified atom stereocenters. The van der Waals surface area contributed by atoms with Crippen molar-refractivity contribution >= 4 is 29.3 Å². The number of nitrogens with two attached hydrogens (primary N) is 1. The third kappa shape index (κ3) is 4.64. The highest BCUT2D eigenvalue weighted by molar-refractivity contribution is 7.99. The van der Waals surface area contributed by atoms with Gasteiger partial charge in [0.2, 0.25) is 5.91 Å². The molecule has 0 aliphatic carbocycles. The maximum absolute atomic E-state index is 11.3. The minimum absolute atomic E-state index is 0.105. The third-order valence-electron chi connectivity index (χ3n) is 4.15. The lowest BCUT2D eigenvalue weighted by atomic mass is 10.2. The highest BCUT2D eigenvalue weighted by Gasteiger charge is 2.17. The predicted octanol–water partition coefficient (Wildman–Crippen LogP) is 4.96. The van der Waals surface area contributed by atoms with Crippen molar-refractivity contribution in [2.75, 3.05) is 5.75 Å². The van der Waals surface area contributed by atoms with Gasteiger partial charge in [0.15, 0.2) is 11.0 Å². The number of hydrogen-bond donors (Lipinski definition) is 1. The van der Waals surface area contributed by atoms with Gasteiger partial charge in [0.1, 0.15) is 11.5 Å². The molecule has 0 saturated carbocycles. The van der Waals surface area contributed by atoms with E-state index < -0.39 is 5.91 Å². The maximum Gasteiger partial charge on any atom is 0.227 e. The van der Waals surface area contributed by atoms with E-state index >= 15 is 0 Å². The molecule has 3 aromatic carbocycles. The van der Waals surface area contributed by atoms with E-state index in [9.17, 15) is 4.79 Å². The Hall–Kier alpha value is -3.29. The van der Waals surface area contributed by atoms with Crippen LogP contribution in [0, 0.1) is 0 Å². The number of aromatic nitrogens is 3. The number of thioether (sulfide) groups is 1. The van der Waals surface area contributed by atoms with Crippen LogP contribution in [0.15, 0.2) is 84.0 Å². The normalized spacial score (nSPS) is 10.7. The molecule has 30 heavy (non-hydrogen) atoms. The van der Waals surface area contributed by atoms with Crippen LogP contribution in [0.3, 0.4) is 0 Å². The molecular formula is C22H17ClN4O2S. The van der Waals surface area contributed by atoms with Gasteiger partial charge in [0.05, 0.1) is 5.75 Å². The third-order valence-corrected chi connectivity index (χ3v) is 5.36. The van der Waals surface area contributed by atoms with E-state index in [-0.39, 0.29) is 5.75 Å². The van der Waals surface area contributed by atoms with Crippen LogP contribution in [-0.4, -0.2) is 26.4 Å². The Labute approximate surface area is 182 Å². The molecule has 1 amide bonds. The summed E-state index contributed by atoms with van der Waals surface area (Å²) < 4.78 is 7.74. The Bertz CT molecular complexity index is 1150. The first-order chi connectivity index (χ1) is 14.6. The molecule has 0 saturated heterocycles. The van der Waals surface area contributed by atoms with E-state index in [4.69, 9.17) is 22.1 Å². The highest BCUT2D eigenvalue weighted by Crippen LogP contribution is 2.30. The van der Waals surface area contributed by atoms with Crippen molar-refractivity contribution in [3.05, 3.63) is 83.9 Å². The number of carbonyl (C=O) groups excluding carboxylic acids is 1. The fraction of sp³-hybridized carbons (Fsp3) is 0.0455. The number of ether oxygens (including phenoxy) is 1. The Morgan fingerprint density at radius 3 is 2.27 bits per heavy atom. The van der Waals surface area contributed by atoms with E-state index in [1.54, 1.807) is 12.1 Å². The monoisotopic (exact) mass is 436 g/mol. The van der Waals surface area contributed by atoms with Crippen molar-refractivity contribution in [2.45, 2.75) is 5.16 Å². The van der Waals surface area contributed by atoms with Gasteiger partial charge in [-0.3, -0.25) is 9.36 Å². The number of halogens is 1. The van der Waals surface area contributed by atoms with Gasteiger partial charge >= 0.3 is 0 Å². The second-order valence-electron chi connectivity index (χ2n) is 6.31. The molecule has 0 spiro atoms. The van der Waals surface area contributed by atoms with Crippen LogP contribution in [0.2, 0.25) is 5.02 Å². The maximum atomic E-state index is 11.3. The van der Waals surface area contributed by atoms with Crippen LogP contribution in [0.4, 0.5) is 0 Å². The molecule has 0 bridgehead atoms. The summed E-state index contributed by atoms with van der Waals surface area (Å²) in [6, 6.07) is 24.5. The van der Waals surface area contributed by atoms with Crippen molar-refractivity contribution in [3.63, 3.8) is 0 Å². The van der Waals surface area contributed by atoms with Gasteiger partial charge in [0, 0.05) is 16.3 Å². The molecular weight excluding hydrogens is 420 g/mol. The Kier molecular flexibility index (Phi) is 6.02. The van der Waals surface area contributed by atoms with Crippen molar-refractivity contribution in [2.24, 2.45) is 5.73 Å². The molecule has 1 heterocycles. The van der Waals surface area contributed by atoms with Crippen LogP contribution in [0.5, 0.6) is 11.5 Å². The van der Waals surface area contributed by atoms with Crippen molar-refractivity contribution < 1.29 is 9.53 Å². The molecule has 150 valence electrons. The van der Waals surface area contributed by atoms with Gasteiger partial charge in [-0.2, -0.15) is 0 Å². The Morgan fingerprint density at radius 1 is 0.933 bits per heavy atom. The van der Waals surface area contributed by atoms with Crippen LogP contribution < -0.4 is 10.5 Å². The van der Waals surface area contributed by atoms with Crippen molar-refractivity contribution in [3.8, 4) is 28.6 Å². The van der Waals surface area contributed by atoms with Crippen LogP contribution in [-0.2, 0) is 4.79 Å². The molecule has 1 aromatic heterocycles. The molecule has 6 nitrogen and oxygen atoms in total. The van der Waals surface area contributed by atoms with Gasteiger partial charge in [-0.25, -0.2) is 0 Å². The standard InChI is InChI=1S/C22H17ClN4O2S/c23-16-8-6-15(7-9-16)21-25-26-22(30-14-20(24)28)27(21)17-10-12-19(13-11-17)29-18-4-2-1-3-5-18/h1-13H,14H2,(H2,24,28). The summed E-state index contributed by atoms with van der Waals surface area (Å²) in [6.45, 7) is 0. The fourth-order valence-corrected chi connectivity index (χ4v) is 3.62. The number of primary amides is 1. The zero-order chi connectivity index (χ0) is 20.9. The predicted molar refractivity (Wildman–Crippen MR) is 118 cm³/mol. The smallest absolute Gasteiger partial charge is 0.227 e. The van der Waals surface area contributed by atoms with E-state index in [0.717, 1.165) is 17.0 Å². The largest absolute Gasteiger partial charge is 0.457 e. The van der Waals surface area contributed by atoms with Gasteiger partial charge in [-0.05, 0) is 60.7 Å². The fourth-order valence-electron chi connectivity index (χ4n) is 2.81. The number of benzene rings is 3. The molecule has 0 radical (unpaired) electrons. The van der Waals surface area contributed by atoms with E-state index in [1.807, 2.05) is 71.3 Å². The summed E-state index contributed by atoms with van der Waals surface area (Å²) in [5, 5.41) is 9.78. The van der Waals surface area contributed by atoms with Crippen molar-refractivity contribution in [1.82, 2.24) is 14.8 Å². The number of hydrogen-bond acceptors (Lipinski definition) is 5. The summed E-state index contributed by atoms with van der Waals surface area (Å²) in [5.74, 6) is 1.78. The molecule has 0 fully saturated rings. The van der Waals surface area contributed by atoms with Crippen LogP contribution in [0.1, 0.15) is 0 Å². The second kappa shape index (κ2) is 9.02. The number of carbonyl (C=O) groups is 1. The summed E-state index contributed by atoms with van der Waals surface area (Å²) in [7, 11) is 0. The van der Waals surface area contributed by atoms with Gasteiger partial charge < -0.3 is 10.5 Å². The van der Waals surface area contributed by atoms with Crippen LogP contribution in [0.25, 0.3) is 17.1 Å². The molecule has 0 aliphatic heterocycles. The first-order valence-electron chi connectivity index (χ1n) is 9.06. The lowest BCUT2D eigenvalue weighted by Crippen LogP contribution is -2.13. The number of rotatable bonds is 7. The molecule has 4 rings (SSSR count). The van der Waals surface area contributed by atoms with E-state index in [2.05, 4.69) is 10.2 Å². The summed E-state index contributed by atoms with van der Waals surface area (Å²) in [6.07, 6.45) is 0. The molecule has 0 aliphatic rings. The minimum atomic E-state index is -0.422. The highest BCUT2D eigenvalue weighted by atomic mass is 35.5. The average molecular weight is 437 g/mol. The molecule has 4 aromatic rings. The van der Waals surface area contributed by atoms with Gasteiger partial charge in [-0.1, -0.05) is 41.6 Å². The number of amides is 1. The van der Waals surface area contributed by atoms with Gasteiger partial charge in [-0.15, -0.1) is 10.2 Å². The van der Waals surface area contributed by atoms with Gasteiger partial charge in [0.25, 0.3) is 0 Å². The van der Waals surface area contributed by atoms with Crippen LogP contribution >= 0.6 is 23.4 Å². The van der Waals surface area contributed by atoms with E-state index in [0.29, 0.717) is 21.8 Å². The summed E-state index contributed by atoms with van der Waals surface area (Å²) >= 11 is 7.25. The van der Waals surface area contributed by atoms with E-state index in [1.165, 1.54) is 11.8 Å². The Balaban J connectivity index is 1.69. The number of para-hydroxylation sites is 1. The Morgan fingerprint density at radius 2 is 1.60 bits per heavy atom. The second-order valence-corrected chi connectivity index (χ2v) is 7.69. The zero-order valence-corrected chi connectivity index (χ0v) is 17.3. The average Bonchev–Trinajstić information content (AvgIpc) is 3.18. The lowest BCUT2D eigenvalue weighted by Gasteiger charge is -2.11. The quantitative estimate of drug-likeness (QED) is 0.414. The van der Waals surface area contributed by atoms with Crippen molar-refractivity contribution in [1.29, 1.82) is 0 Å². The molecule has 0 atom stereocenters. The number of nitrogens with zero attached hydrogens (tertiary/aromatic N) is 3.